The smallest absolute Gasteiger partial charge is 0.466 e. The van der Waals surface area contributed by atoms with Gasteiger partial charge in [0, 0.05) is 29.2 Å². The van der Waals surface area contributed by atoms with E-state index in [9.17, 15) is 10.1 Å². The highest BCUT2D eigenvalue weighted by molar-refractivity contribution is 7.45. The summed E-state index contributed by atoms with van der Waals surface area (Å²) in [6.07, 6.45) is 6.05. The predicted molar refractivity (Wildman–Crippen MR) is 183 cm³/mol. The molecule has 0 radical (unpaired) electrons. The van der Waals surface area contributed by atoms with Crippen molar-refractivity contribution in [1.29, 1.82) is 0 Å². The van der Waals surface area contributed by atoms with E-state index in [4.69, 9.17) is 67.5 Å². The number of ether oxygens (including phenoxy) is 1. The van der Waals surface area contributed by atoms with E-state index in [1.54, 1.807) is 19.2 Å². The Labute approximate surface area is 282 Å². The molecule has 276 valence electrons. The summed E-state index contributed by atoms with van der Waals surface area (Å²) in [4.78, 5) is 82.4. The minimum absolute atomic E-state index is 0.0800. The van der Waals surface area contributed by atoms with Gasteiger partial charge in [-0.3, -0.25) is 10.1 Å². The number of anilines is 1. The zero-order chi connectivity index (χ0) is 38.0. The first-order chi connectivity index (χ1) is 22.4. The lowest BCUT2D eigenvalue weighted by molar-refractivity contribution is -0.384. The second kappa shape index (κ2) is 21.9. The van der Waals surface area contributed by atoms with Gasteiger partial charge in [-0.25, -0.2) is 18.7 Å². The highest BCUT2D eigenvalue weighted by Crippen LogP contribution is 2.29. The maximum Gasteiger partial charge on any atom is 0.466 e. The van der Waals surface area contributed by atoms with Gasteiger partial charge in [-0.2, -0.15) is 0 Å². The van der Waals surface area contributed by atoms with Gasteiger partial charge < -0.3 is 59.0 Å². The fraction of sp³-hybridized carbons (Fsp3) is 0.370. The van der Waals surface area contributed by atoms with Crippen molar-refractivity contribution in [2.24, 2.45) is 0 Å². The number of hydrogen-bond acceptors (Lipinski definition) is 9. The number of rotatable bonds is 12. The average Bonchev–Trinajstić information content (AvgIpc) is 2.96. The number of aromatic nitrogens is 1. The predicted octanol–water partition coefficient (Wildman–Crippen LogP) is 3.46. The van der Waals surface area contributed by atoms with Gasteiger partial charge in [-0.15, -0.1) is 0 Å². The third-order valence-corrected chi connectivity index (χ3v) is 5.99. The van der Waals surface area contributed by atoms with Gasteiger partial charge >= 0.3 is 23.5 Å². The number of nitrogens with one attached hydrogen (secondary N) is 1. The standard InChI is InChI=1S/C27H34N4O3.3H3O4P/c1-5-30(6-2)17-7-8-20(3)28-27-18-22(29-26-16-15-24(34-4)19-25(26)27)12-9-21-10-13-23(14-11-21)31(32)33;3*1-5(2,3)4/h9-16,18-20H,5-8,17H2,1-4H3,(H,28,29);3*(H3,1,2,3,4)/b12-9+;;;. The Kier molecular flexibility index (Phi) is 20.5. The van der Waals surface area contributed by atoms with Crippen LogP contribution in [0.5, 0.6) is 5.75 Å². The topological polar surface area (TPSA) is 314 Å². The van der Waals surface area contributed by atoms with Crippen molar-refractivity contribution in [3.63, 3.8) is 0 Å². The van der Waals surface area contributed by atoms with Crippen LogP contribution in [0.25, 0.3) is 23.1 Å². The molecular formula is C27H43N4O15P3. The average molecular weight is 757 g/mol. The first kappa shape index (κ1) is 45.9. The SMILES string of the molecule is CCN(CC)CCCC(C)Nc1cc(/C=C/c2ccc([N+](=O)[O-])cc2)nc2ccc(OC)cc12.O=P(O)(O)O.O=P(O)(O)O.O=P(O)(O)O. The number of methoxy groups -OCH3 is 1. The lowest BCUT2D eigenvalue weighted by Gasteiger charge is -2.21. The van der Waals surface area contributed by atoms with E-state index in [0.717, 1.165) is 66.1 Å². The summed E-state index contributed by atoms with van der Waals surface area (Å²) < 4.78 is 32.1. The fourth-order valence-electron chi connectivity index (χ4n) is 3.94. The summed E-state index contributed by atoms with van der Waals surface area (Å²) >= 11 is 0. The number of nitrogens with zero attached hydrogens (tertiary/aromatic N) is 3. The van der Waals surface area contributed by atoms with Crippen LogP contribution in [0.15, 0.2) is 48.5 Å². The largest absolute Gasteiger partial charge is 0.497 e. The Morgan fingerprint density at radius 3 is 1.84 bits per heavy atom. The van der Waals surface area contributed by atoms with E-state index in [0.29, 0.717) is 6.04 Å². The van der Waals surface area contributed by atoms with Gasteiger partial charge in [-0.05, 0) is 87.4 Å². The van der Waals surface area contributed by atoms with E-state index in [1.807, 2.05) is 36.4 Å². The minimum Gasteiger partial charge on any atom is -0.497 e. The van der Waals surface area contributed by atoms with Crippen LogP contribution in [0.4, 0.5) is 11.4 Å². The van der Waals surface area contributed by atoms with E-state index in [2.05, 4.69) is 31.0 Å². The molecule has 1 heterocycles. The Morgan fingerprint density at radius 2 is 1.39 bits per heavy atom. The van der Waals surface area contributed by atoms with Crippen molar-refractivity contribution in [2.45, 2.75) is 39.7 Å². The van der Waals surface area contributed by atoms with Gasteiger partial charge in [0.15, 0.2) is 0 Å². The molecule has 0 spiro atoms. The molecule has 22 heteroatoms. The molecule has 1 unspecified atom stereocenters. The van der Waals surface area contributed by atoms with Gasteiger partial charge in [0.1, 0.15) is 5.75 Å². The maximum absolute atomic E-state index is 10.9. The first-order valence-electron chi connectivity index (χ1n) is 14.2. The van der Waals surface area contributed by atoms with Crippen LogP contribution in [0.3, 0.4) is 0 Å². The van der Waals surface area contributed by atoms with Crippen LogP contribution < -0.4 is 10.1 Å². The van der Waals surface area contributed by atoms with Crippen LogP contribution >= 0.6 is 23.5 Å². The molecule has 1 aromatic heterocycles. The zero-order valence-corrected chi connectivity index (χ0v) is 29.7. The second-order valence-corrected chi connectivity index (χ2v) is 13.0. The number of hydrogen-bond donors (Lipinski definition) is 10. The van der Waals surface area contributed by atoms with Crippen LogP contribution in [-0.2, 0) is 13.7 Å². The molecule has 0 bridgehead atoms. The van der Waals surface area contributed by atoms with Gasteiger partial charge in [0.25, 0.3) is 5.69 Å². The monoisotopic (exact) mass is 756 g/mol. The molecule has 0 aliphatic carbocycles. The van der Waals surface area contributed by atoms with Gasteiger partial charge in [0.2, 0.25) is 0 Å². The van der Waals surface area contributed by atoms with Crippen molar-refractivity contribution in [3.05, 3.63) is 69.9 Å². The Bertz CT molecular complexity index is 1550. The maximum atomic E-state index is 10.9. The molecular weight excluding hydrogens is 713 g/mol. The van der Waals surface area contributed by atoms with E-state index >= 15 is 0 Å². The third-order valence-electron chi connectivity index (χ3n) is 5.99. The normalized spacial score (nSPS) is 12.2. The fourth-order valence-corrected chi connectivity index (χ4v) is 3.94. The highest BCUT2D eigenvalue weighted by atomic mass is 31.2. The van der Waals surface area contributed by atoms with Crippen LogP contribution in [0.1, 0.15) is 44.9 Å². The Morgan fingerprint density at radius 1 is 0.878 bits per heavy atom. The Hall–Kier alpha value is -3.12. The second-order valence-electron chi connectivity index (χ2n) is 9.91. The molecule has 0 aliphatic heterocycles. The molecule has 0 saturated heterocycles. The van der Waals surface area contributed by atoms with Gasteiger partial charge in [-0.1, -0.05) is 19.9 Å². The number of benzene rings is 2. The van der Waals surface area contributed by atoms with Crippen LogP contribution in [0.2, 0.25) is 0 Å². The number of fused-ring (bicyclic) bond motifs is 1. The molecule has 49 heavy (non-hydrogen) atoms. The number of pyridine rings is 1. The lowest BCUT2D eigenvalue weighted by Crippen LogP contribution is -2.25. The van der Waals surface area contributed by atoms with E-state index in [1.165, 1.54) is 12.1 Å². The molecule has 19 nitrogen and oxygen atoms in total. The van der Waals surface area contributed by atoms with Gasteiger partial charge in [0.05, 0.1) is 23.2 Å². The molecule has 0 amide bonds. The number of non-ortho nitro benzene ring substituents is 1. The Balaban J connectivity index is 0.00000128. The third kappa shape index (κ3) is 25.5. The molecule has 3 rings (SSSR count). The number of nitro groups is 1. The molecule has 0 aliphatic rings. The highest BCUT2D eigenvalue weighted by Gasteiger charge is 2.11. The summed E-state index contributed by atoms with van der Waals surface area (Å²) in [5.74, 6) is 0.792. The summed E-state index contributed by atoms with van der Waals surface area (Å²) in [6.45, 7) is 9.88. The summed E-state index contributed by atoms with van der Waals surface area (Å²) in [5, 5.41) is 15.6. The molecule has 3 aromatic rings. The zero-order valence-electron chi connectivity index (χ0n) is 27.0. The van der Waals surface area contributed by atoms with Crippen LogP contribution in [-0.4, -0.2) is 91.6 Å². The summed E-state index contributed by atoms with van der Waals surface area (Å²) in [5.41, 5.74) is 3.67. The van der Waals surface area contributed by atoms with E-state index in [-0.39, 0.29) is 5.69 Å². The molecule has 0 saturated carbocycles. The van der Waals surface area contributed by atoms with Crippen molar-refractivity contribution in [1.82, 2.24) is 9.88 Å². The summed E-state index contributed by atoms with van der Waals surface area (Å²) in [6, 6.07) is 14.7. The van der Waals surface area contributed by atoms with Crippen molar-refractivity contribution in [2.75, 3.05) is 32.1 Å². The molecule has 0 fully saturated rings. The lowest BCUT2D eigenvalue weighted by atomic mass is 10.1. The number of phosphoric acid groups is 3. The van der Waals surface area contributed by atoms with Crippen molar-refractivity contribution in [3.8, 4) is 5.75 Å². The van der Waals surface area contributed by atoms with Crippen molar-refractivity contribution < 1.29 is 67.4 Å². The minimum atomic E-state index is -4.64. The van der Waals surface area contributed by atoms with E-state index < -0.39 is 28.4 Å². The molecule has 1 atom stereocenters. The summed E-state index contributed by atoms with van der Waals surface area (Å²) in [7, 11) is -12.3. The van der Waals surface area contributed by atoms with Crippen LogP contribution in [0, 0.1) is 10.1 Å². The first-order valence-corrected chi connectivity index (χ1v) is 18.9. The molecule has 2 aromatic carbocycles. The number of nitro benzene ring substituents is 1. The molecule has 10 N–H and O–H groups in total. The quantitative estimate of drug-likeness (QED) is 0.0718. The van der Waals surface area contributed by atoms with Crippen molar-refractivity contribution >= 4 is 57.9 Å².